The second kappa shape index (κ2) is 8.71. The average Bonchev–Trinajstić information content (AvgIpc) is 2.74. The summed E-state index contributed by atoms with van der Waals surface area (Å²) in [6, 6.07) is 20.3. The number of nitrogens with zero attached hydrogens (tertiary/aromatic N) is 3. The Bertz CT molecular complexity index is 901. The van der Waals surface area contributed by atoms with Crippen LogP contribution < -0.4 is 0 Å². The highest BCUT2D eigenvalue weighted by Crippen LogP contribution is 2.37. The fourth-order valence-electron chi connectivity index (χ4n) is 4.21. The minimum Gasteiger partial charge on any atom is -0.507 e. The fourth-order valence-corrected chi connectivity index (χ4v) is 4.21. The second-order valence-electron chi connectivity index (χ2n) is 7.87. The van der Waals surface area contributed by atoms with E-state index >= 15 is 0 Å². The Morgan fingerprint density at radius 2 is 1.63 bits per heavy atom. The van der Waals surface area contributed by atoms with Crippen LogP contribution in [0.25, 0.3) is 0 Å². The Morgan fingerprint density at radius 3 is 2.20 bits per heavy atom. The van der Waals surface area contributed by atoms with Crippen LogP contribution >= 0.6 is 0 Å². The van der Waals surface area contributed by atoms with Crippen LogP contribution in [0.3, 0.4) is 0 Å². The van der Waals surface area contributed by atoms with Gasteiger partial charge in [-0.1, -0.05) is 60.7 Å². The molecule has 0 aliphatic carbocycles. The summed E-state index contributed by atoms with van der Waals surface area (Å²) in [5.41, 5.74) is 2.48. The van der Waals surface area contributed by atoms with E-state index in [0.717, 1.165) is 11.1 Å². The Hall–Kier alpha value is -3.12. The van der Waals surface area contributed by atoms with E-state index in [9.17, 15) is 9.90 Å². The predicted molar refractivity (Wildman–Crippen MR) is 116 cm³/mol. The molecule has 1 atom stereocenters. The van der Waals surface area contributed by atoms with Gasteiger partial charge in [-0.3, -0.25) is 9.80 Å². The van der Waals surface area contributed by atoms with Crippen LogP contribution in [-0.4, -0.2) is 59.0 Å². The molecule has 2 aliphatic rings. The molecule has 0 saturated carbocycles. The molecule has 156 valence electrons. The highest BCUT2D eigenvalue weighted by molar-refractivity contribution is 5.94. The van der Waals surface area contributed by atoms with Crippen molar-refractivity contribution in [2.45, 2.75) is 31.8 Å². The number of carbonyl (C=O) groups excluding carboxylic acids is 1. The van der Waals surface area contributed by atoms with Crippen LogP contribution in [0.1, 0.15) is 30.9 Å². The number of carbonyl (C=O) groups is 1. The number of rotatable bonds is 4. The van der Waals surface area contributed by atoms with Crippen molar-refractivity contribution in [2.75, 3.05) is 19.8 Å². The van der Waals surface area contributed by atoms with Gasteiger partial charge in [-0.15, -0.1) is 0 Å². The van der Waals surface area contributed by atoms with Gasteiger partial charge in [0.2, 0.25) is 0 Å². The van der Waals surface area contributed by atoms with Crippen molar-refractivity contribution in [3.05, 3.63) is 83.2 Å². The zero-order chi connectivity index (χ0) is 21.1. The molecule has 1 fully saturated rings. The quantitative estimate of drug-likeness (QED) is 0.845. The van der Waals surface area contributed by atoms with Crippen molar-refractivity contribution in [1.29, 1.82) is 0 Å². The van der Waals surface area contributed by atoms with E-state index in [1.165, 1.54) is 0 Å². The zero-order valence-corrected chi connectivity index (χ0v) is 17.3. The van der Waals surface area contributed by atoms with Crippen LogP contribution in [0.4, 0.5) is 0 Å². The van der Waals surface area contributed by atoms with Crippen molar-refractivity contribution >= 4 is 12.1 Å². The third-order valence-corrected chi connectivity index (χ3v) is 5.63. The molecule has 0 bridgehead atoms. The number of aliphatic hydroxyl groups excluding tert-OH is 1. The third-order valence-electron chi connectivity index (χ3n) is 5.63. The molecule has 0 aromatic heterocycles. The van der Waals surface area contributed by atoms with E-state index in [4.69, 9.17) is 4.74 Å². The van der Waals surface area contributed by atoms with E-state index in [1.807, 2.05) is 55.1 Å². The molecule has 6 heteroatoms. The maximum Gasteiger partial charge on any atom is 0.275 e. The van der Waals surface area contributed by atoms with Gasteiger partial charge < -0.3 is 14.7 Å². The van der Waals surface area contributed by atoms with Crippen LogP contribution in [0, 0.1) is 0 Å². The molecule has 0 spiro atoms. The van der Waals surface area contributed by atoms with Gasteiger partial charge in [-0.2, -0.15) is 5.10 Å². The molecule has 1 N–H and O–H groups in total. The average molecular weight is 405 g/mol. The number of ether oxygens (including phenoxy) is 1. The lowest BCUT2D eigenvalue weighted by atomic mass is 9.83. The Labute approximate surface area is 177 Å². The van der Waals surface area contributed by atoms with Crippen LogP contribution in [0.5, 0.6) is 0 Å². The molecule has 6 nitrogen and oxygen atoms in total. The maximum absolute atomic E-state index is 13.3. The van der Waals surface area contributed by atoms with Gasteiger partial charge in [-0.25, -0.2) is 0 Å². The molecule has 2 aliphatic heterocycles. The van der Waals surface area contributed by atoms with E-state index < -0.39 is 0 Å². The number of hydrogen-bond donors (Lipinski definition) is 1. The number of fused-ring (bicyclic) bond motifs is 1. The summed E-state index contributed by atoms with van der Waals surface area (Å²) < 4.78 is 5.39. The van der Waals surface area contributed by atoms with Crippen LogP contribution in [0.15, 0.2) is 77.2 Å². The molecule has 4 rings (SSSR count). The van der Waals surface area contributed by atoms with Gasteiger partial charge in [0, 0.05) is 18.5 Å². The predicted octanol–water partition coefficient (Wildman–Crippen LogP) is 3.53. The SMILES string of the molecule is CC(C)N1C[C@H](C(c2ccccc2)c2ccccc2)N2/N=C\COC/C(O)=C\2C1=O. The Kier molecular flexibility index (Phi) is 5.86. The van der Waals surface area contributed by atoms with E-state index in [-0.39, 0.29) is 48.6 Å². The van der Waals surface area contributed by atoms with E-state index in [0.29, 0.717) is 6.54 Å². The summed E-state index contributed by atoms with van der Waals surface area (Å²) in [4.78, 5) is 15.1. The number of piperazine rings is 1. The summed E-state index contributed by atoms with van der Waals surface area (Å²) in [5, 5.41) is 17.0. The first-order chi connectivity index (χ1) is 14.6. The molecule has 2 aromatic carbocycles. The topological polar surface area (TPSA) is 65.4 Å². The first-order valence-corrected chi connectivity index (χ1v) is 10.3. The maximum atomic E-state index is 13.3. The molecule has 30 heavy (non-hydrogen) atoms. The number of hydrogen-bond acceptors (Lipinski definition) is 5. The first-order valence-electron chi connectivity index (χ1n) is 10.3. The van der Waals surface area contributed by atoms with Crippen molar-refractivity contribution in [1.82, 2.24) is 9.91 Å². The van der Waals surface area contributed by atoms with Crippen molar-refractivity contribution in [2.24, 2.45) is 5.10 Å². The molecule has 0 unspecified atom stereocenters. The van der Waals surface area contributed by atoms with Crippen LogP contribution in [0.2, 0.25) is 0 Å². The van der Waals surface area contributed by atoms with Gasteiger partial charge in [0.25, 0.3) is 5.91 Å². The lowest BCUT2D eigenvalue weighted by Crippen LogP contribution is -2.57. The second-order valence-corrected chi connectivity index (χ2v) is 7.87. The van der Waals surface area contributed by atoms with E-state index in [1.54, 1.807) is 11.2 Å². The molecular weight excluding hydrogens is 378 g/mol. The third kappa shape index (κ3) is 3.83. The minimum absolute atomic E-state index is 0.00927. The van der Waals surface area contributed by atoms with Crippen molar-refractivity contribution in [3.63, 3.8) is 0 Å². The molecule has 2 aromatic rings. The van der Waals surface area contributed by atoms with Crippen molar-refractivity contribution < 1.29 is 14.6 Å². The highest BCUT2D eigenvalue weighted by Gasteiger charge is 2.44. The van der Waals surface area contributed by atoms with Gasteiger partial charge in [-0.05, 0) is 25.0 Å². The largest absolute Gasteiger partial charge is 0.507 e. The normalized spacial score (nSPS) is 23.3. The first kappa shape index (κ1) is 20.2. The van der Waals surface area contributed by atoms with Gasteiger partial charge in [0.1, 0.15) is 12.4 Å². The number of aliphatic hydroxyl groups is 1. The summed E-state index contributed by atoms with van der Waals surface area (Å²) in [5.74, 6) is -0.338. The van der Waals surface area contributed by atoms with Gasteiger partial charge in [0.05, 0.1) is 18.9 Å². The summed E-state index contributed by atoms with van der Waals surface area (Å²) in [7, 11) is 0. The van der Waals surface area contributed by atoms with Gasteiger partial charge >= 0.3 is 0 Å². The smallest absolute Gasteiger partial charge is 0.275 e. The molecular formula is C24H27N3O3. The lowest BCUT2D eigenvalue weighted by Gasteiger charge is -2.46. The monoisotopic (exact) mass is 405 g/mol. The standard InChI is InChI=1S/C24H27N3O3/c1-17(2)26-15-20(27-23(24(26)29)21(28)16-30-14-13-25-27)22(18-9-5-3-6-10-18)19-11-7-4-8-12-19/h3-13,17,20,22,28H,14-16H2,1-2H3/b23-21+,25-13-/t20-/m1/s1. The summed E-state index contributed by atoms with van der Waals surface area (Å²) in [6.45, 7) is 4.75. The van der Waals surface area contributed by atoms with Crippen molar-refractivity contribution in [3.8, 4) is 0 Å². The summed E-state index contributed by atoms with van der Waals surface area (Å²) in [6.07, 6.45) is 1.66. The summed E-state index contributed by atoms with van der Waals surface area (Å²) >= 11 is 0. The number of benzene rings is 2. The highest BCUT2D eigenvalue weighted by atomic mass is 16.5. The molecule has 1 saturated heterocycles. The lowest BCUT2D eigenvalue weighted by molar-refractivity contribution is -0.136. The van der Waals surface area contributed by atoms with Gasteiger partial charge in [0.15, 0.2) is 5.70 Å². The fraction of sp³-hybridized carbons (Fsp3) is 0.333. The Balaban J connectivity index is 1.88. The van der Waals surface area contributed by atoms with E-state index in [2.05, 4.69) is 29.4 Å². The van der Waals surface area contributed by atoms with Crippen LogP contribution in [-0.2, 0) is 9.53 Å². The molecule has 1 amide bonds. The number of hydrazone groups is 1. The zero-order valence-electron chi connectivity index (χ0n) is 17.3. The molecule has 0 radical (unpaired) electrons. The molecule has 2 heterocycles. The minimum atomic E-state index is -0.221. The Morgan fingerprint density at radius 1 is 1.03 bits per heavy atom. The number of amides is 1.